The molecule has 1 fully saturated rings. The molecule has 0 unspecified atom stereocenters. The van der Waals surface area contributed by atoms with Crippen molar-refractivity contribution in [1.82, 2.24) is 4.90 Å². The van der Waals surface area contributed by atoms with E-state index in [2.05, 4.69) is 5.32 Å². The second-order valence-electron chi connectivity index (χ2n) is 6.21. The quantitative estimate of drug-likeness (QED) is 0.804. The van der Waals surface area contributed by atoms with Gasteiger partial charge in [-0.15, -0.1) is 0 Å². The van der Waals surface area contributed by atoms with E-state index < -0.39 is 0 Å². The molecular formula is C21H21ClN2O3. The van der Waals surface area contributed by atoms with Crippen molar-refractivity contribution in [3.05, 3.63) is 70.8 Å². The maximum Gasteiger partial charge on any atom is 0.248 e. The summed E-state index contributed by atoms with van der Waals surface area (Å²) in [7, 11) is 0. The van der Waals surface area contributed by atoms with Crippen LogP contribution in [0.4, 0.5) is 5.69 Å². The number of rotatable bonds is 5. The van der Waals surface area contributed by atoms with E-state index in [0.717, 1.165) is 11.1 Å². The lowest BCUT2D eigenvalue weighted by Gasteiger charge is -2.26. The molecule has 0 atom stereocenters. The monoisotopic (exact) mass is 384 g/mol. The van der Waals surface area contributed by atoms with Crippen molar-refractivity contribution in [2.24, 2.45) is 0 Å². The van der Waals surface area contributed by atoms with Crippen molar-refractivity contribution in [3.8, 4) is 0 Å². The molecule has 1 aliphatic heterocycles. The predicted octanol–water partition coefficient (Wildman–Crippen LogP) is 3.39. The SMILES string of the molecule is O=C(/C=C/c1ccccc1Cl)Nc1ccc(CC(=O)N2CCOCC2)cc1. The molecule has 2 amide bonds. The number of nitrogens with zero attached hydrogens (tertiary/aromatic N) is 1. The third-order valence-electron chi connectivity index (χ3n) is 4.26. The first-order chi connectivity index (χ1) is 13.1. The van der Waals surface area contributed by atoms with Crippen molar-refractivity contribution in [2.75, 3.05) is 31.6 Å². The minimum Gasteiger partial charge on any atom is -0.378 e. The molecule has 1 aliphatic rings. The van der Waals surface area contributed by atoms with Gasteiger partial charge in [0.25, 0.3) is 0 Å². The van der Waals surface area contributed by atoms with Gasteiger partial charge in [0.05, 0.1) is 19.6 Å². The number of ether oxygens (including phenoxy) is 1. The lowest BCUT2D eigenvalue weighted by molar-refractivity contribution is -0.134. The van der Waals surface area contributed by atoms with E-state index in [9.17, 15) is 9.59 Å². The first-order valence-electron chi connectivity index (χ1n) is 8.80. The molecule has 0 aromatic heterocycles. The smallest absolute Gasteiger partial charge is 0.248 e. The molecule has 0 saturated carbocycles. The van der Waals surface area contributed by atoms with Crippen molar-refractivity contribution < 1.29 is 14.3 Å². The number of morpholine rings is 1. The third kappa shape index (κ3) is 5.67. The fourth-order valence-corrected chi connectivity index (χ4v) is 2.96. The van der Waals surface area contributed by atoms with Crippen molar-refractivity contribution >= 4 is 35.2 Å². The van der Waals surface area contributed by atoms with Gasteiger partial charge < -0.3 is 15.0 Å². The van der Waals surface area contributed by atoms with Gasteiger partial charge in [-0.25, -0.2) is 0 Å². The number of amides is 2. The molecule has 1 N–H and O–H groups in total. The number of anilines is 1. The van der Waals surface area contributed by atoms with Gasteiger partial charge >= 0.3 is 0 Å². The first kappa shape index (κ1) is 19.1. The van der Waals surface area contributed by atoms with Gasteiger partial charge in [0, 0.05) is 29.9 Å². The van der Waals surface area contributed by atoms with Crippen molar-refractivity contribution in [2.45, 2.75) is 6.42 Å². The zero-order chi connectivity index (χ0) is 19.1. The Morgan fingerprint density at radius 1 is 1.07 bits per heavy atom. The molecule has 0 aliphatic carbocycles. The minimum absolute atomic E-state index is 0.0951. The highest BCUT2D eigenvalue weighted by Gasteiger charge is 2.16. The summed E-state index contributed by atoms with van der Waals surface area (Å²) in [4.78, 5) is 26.1. The lowest BCUT2D eigenvalue weighted by atomic mass is 10.1. The summed E-state index contributed by atoms with van der Waals surface area (Å²) in [6.07, 6.45) is 3.46. The highest BCUT2D eigenvalue weighted by molar-refractivity contribution is 6.32. The number of hydrogen-bond acceptors (Lipinski definition) is 3. The largest absolute Gasteiger partial charge is 0.378 e. The third-order valence-corrected chi connectivity index (χ3v) is 4.60. The Morgan fingerprint density at radius 3 is 2.48 bits per heavy atom. The van der Waals surface area contributed by atoms with Gasteiger partial charge in [0.15, 0.2) is 0 Å². The zero-order valence-corrected chi connectivity index (χ0v) is 15.6. The van der Waals surface area contributed by atoms with E-state index in [1.165, 1.54) is 6.08 Å². The van der Waals surface area contributed by atoms with E-state index in [1.807, 2.05) is 35.2 Å². The Bertz CT molecular complexity index is 828. The van der Waals surface area contributed by atoms with E-state index in [-0.39, 0.29) is 11.8 Å². The van der Waals surface area contributed by atoms with Gasteiger partial charge in [-0.2, -0.15) is 0 Å². The fourth-order valence-electron chi connectivity index (χ4n) is 2.76. The summed E-state index contributed by atoms with van der Waals surface area (Å²) < 4.78 is 5.26. The van der Waals surface area contributed by atoms with Crippen molar-refractivity contribution in [1.29, 1.82) is 0 Å². The average Bonchev–Trinajstić information content (AvgIpc) is 2.69. The Kier molecular flexibility index (Phi) is 6.63. The summed E-state index contributed by atoms with van der Waals surface area (Å²) in [6.45, 7) is 2.48. The normalized spacial score (nSPS) is 14.3. The molecule has 2 aromatic carbocycles. The number of hydrogen-bond donors (Lipinski definition) is 1. The standard InChI is InChI=1S/C21H21ClN2O3/c22-19-4-2-1-3-17(19)7-10-20(25)23-18-8-5-16(6-9-18)15-21(26)24-11-13-27-14-12-24/h1-10H,11-15H2,(H,23,25)/b10-7+. The predicted molar refractivity (Wildman–Crippen MR) is 107 cm³/mol. The zero-order valence-electron chi connectivity index (χ0n) is 14.9. The molecule has 6 heteroatoms. The van der Waals surface area contributed by atoms with Gasteiger partial charge in [0.1, 0.15) is 0 Å². The van der Waals surface area contributed by atoms with Crippen LogP contribution in [0.1, 0.15) is 11.1 Å². The number of benzene rings is 2. The van der Waals surface area contributed by atoms with Crippen LogP contribution in [-0.4, -0.2) is 43.0 Å². The Morgan fingerprint density at radius 2 is 1.78 bits per heavy atom. The molecule has 0 bridgehead atoms. The maximum absolute atomic E-state index is 12.3. The Labute approximate surface area is 163 Å². The highest BCUT2D eigenvalue weighted by atomic mass is 35.5. The molecule has 0 radical (unpaired) electrons. The summed E-state index contributed by atoms with van der Waals surface area (Å²) in [5.74, 6) is -0.148. The molecule has 5 nitrogen and oxygen atoms in total. The summed E-state index contributed by atoms with van der Waals surface area (Å²) in [5.41, 5.74) is 2.37. The summed E-state index contributed by atoms with van der Waals surface area (Å²) in [6, 6.07) is 14.6. The van der Waals surface area contributed by atoms with E-state index in [4.69, 9.17) is 16.3 Å². The van der Waals surface area contributed by atoms with E-state index >= 15 is 0 Å². The van der Waals surface area contributed by atoms with Crippen LogP contribution < -0.4 is 5.32 Å². The molecule has 1 heterocycles. The van der Waals surface area contributed by atoms with Crippen LogP contribution in [0.15, 0.2) is 54.6 Å². The Hall–Kier alpha value is -2.63. The average molecular weight is 385 g/mol. The van der Waals surface area contributed by atoms with Crippen LogP contribution in [0.3, 0.4) is 0 Å². The number of carbonyl (C=O) groups is 2. The van der Waals surface area contributed by atoms with Crippen LogP contribution in [0.2, 0.25) is 5.02 Å². The van der Waals surface area contributed by atoms with Gasteiger partial charge in [-0.3, -0.25) is 9.59 Å². The van der Waals surface area contributed by atoms with Gasteiger partial charge in [0.2, 0.25) is 11.8 Å². The second kappa shape index (κ2) is 9.35. The van der Waals surface area contributed by atoms with E-state index in [1.54, 1.807) is 24.3 Å². The maximum atomic E-state index is 12.3. The topological polar surface area (TPSA) is 58.6 Å². The molecule has 1 saturated heterocycles. The minimum atomic E-state index is -0.243. The fraction of sp³-hybridized carbons (Fsp3) is 0.238. The molecular weight excluding hydrogens is 364 g/mol. The number of carbonyl (C=O) groups excluding carboxylic acids is 2. The second-order valence-corrected chi connectivity index (χ2v) is 6.62. The highest BCUT2D eigenvalue weighted by Crippen LogP contribution is 2.16. The van der Waals surface area contributed by atoms with Crippen LogP contribution in [-0.2, 0) is 20.7 Å². The summed E-state index contributed by atoms with van der Waals surface area (Å²) in [5, 5.41) is 3.39. The van der Waals surface area contributed by atoms with Crippen LogP contribution >= 0.6 is 11.6 Å². The Balaban J connectivity index is 1.53. The molecule has 3 rings (SSSR count). The summed E-state index contributed by atoms with van der Waals surface area (Å²) >= 11 is 6.06. The number of nitrogens with one attached hydrogen (secondary N) is 1. The molecule has 140 valence electrons. The lowest BCUT2D eigenvalue weighted by Crippen LogP contribution is -2.41. The van der Waals surface area contributed by atoms with Crippen LogP contribution in [0.5, 0.6) is 0 Å². The van der Waals surface area contributed by atoms with Gasteiger partial charge in [-0.05, 0) is 35.4 Å². The van der Waals surface area contributed by atoms with Crippen molar-refractivity contribution in [3.63, 3.8) is 0 Å². The van der Waals surface area contributed by atoms with Crippen LogP contribution in [0.25, 0.3) is 6.08 Å². The molecule has 0 spiro atoms. The van der Waals surface area contributed by atoms with Crippen LogP contribution in [0, 0.1) is 0 Å². The molecule has 2 aromatic rings. The van der Waals surface area contributed by atoms with E-state index in [0.29, 0.717) is 43.4 Å². The molecule has 27 heavy (non-hydrogen) atoms. The van der Waals surface area contributed by atoms with Gasteiger partial charge in [-0.1, -0.05) is 41.9 Å². The first-order valence-corrected chi connectivity index (χ1v) is 9.18. The number of halogens is 1.